The van der Waals surface area contributed by atoms with Gasteiger partial charge in [0.2, 0.25) is 0 Å². The molecule has 2 rings (SSSR count). The van der Waals surface area contributed by atoms with Crippen LogP contribution in [0.25, 0.3) is 10.8 Å². The third-order valence-corrected chi connectivity index (χ3v) is 3.72. The van der Waals surface area contributed by atoms with Crippen LogP contribution in [0.3, 0.4) is 0 Å². The first-order valence-corrected chi connectivity index (χ1v) is 5.95. The van der Waals surface area contributed by atoms with Crippen molar-refractivity contribution in [2.24, 2.45) is 0 Å². The molecule has 0 aromatic heterocycles. The van der Waals surface area contributed by atoms with Crippen LogP contribution in [0.5, 0.6) is 0 Å². The molecule has 0 bridgehead atoms. The molecule has 2 aromatic rings. The topological polar surface area (TPSA) is 0 Å². The summed E-state index contributed by atoms with van der Waals surface area (Å²) in [6.45, 7) is 2.85. The Morgan fingerprint density at radius 1 is 0.944 bits per heavy atom. The van der Waals surface area contributed by atoms with Gasteiger partial charge >= 0.3 is 6.18 Å². The van der Waals surface area contributed by atoms with E-state index in [9.17, 15) is 13.2 Å². The lowest BCUT2D eigenvalue weighted by Gasteiger charge is -2.32. The summed E-state index contributed by atoms with van der Waals surface area (Å²) < 4.78 is 40.0. The monoisotopic (exact) mass is 252 g/mol. The summed E-state index contributed by atoms with van der Waals surface area (Å²) in [6.07, 6.45) is -4.21. The molecule has 0 spiro atoms. The molecule has 0 nitrogen and oxygen atoms in total. The fourth-order valence-corrected chi connectivity index (χ4v) is 2.25. The normalized spacial score (nSPS) is 15.6. The minimum absolute atomic E-state index is 0.0322. The van der Waals surface area contributed by atoms with Crippen molar-refractivity contribution in [1.82, 2.24) is 0 Å². The van der Waals surface area contributed by atoms with Crippen LogP contribution in [-0.4, -0.2) is 6.18 Å². The molecule has 2 aromatic carbocycles. The van der Waals surface area contributed by atoms with Crippen LogP contribution in [0.15, 0.2) is 42.5 Å². The number of alkyl halides is 3. The van der Waals surface area contributed by atoms with Crippen LogP contribution < -0.4 is 0 Å². The van der Waals surface area contributed by atoms with E-state index in [1.54, 1.807) is 31.2 Å². The molecule has 1 atom stereocenters. The van der Waals surface area contributed by atoms with Crippen molar-refractivity contribution in [2.45, 2.75) is 31.9 Å². The Kier molecular flexibility index (Phi) is 3.09. The Bertz CT molecular complexity index is 552. The standard InChI is InChI=1S/C15H15F3/c1-3-14(2,15(16,17)18)13-10-6-8-11-7-4-5-9-12(11)13/h4-10H,3H2,1-2H3. The third kappa shape index (κ3) is 1.88. The largest absolute Gasteiger partial charge is 0.398 e. The van der Waals surface area contributed by atoms with Gasteiger partial charge in [-0.15, -0.1) is 0 Å². The molecular weight excluding hydrogens is 237 g/mol. The van der Waals surface area contributed by atoms with E-state index in [-0.39, 0.29) is 6.42 Å². The zero-order valence-corrected chi connectivity index (χ0v) is 10.4. The zero-order chi connectivity index (χ0) is 13.4. The predicted molar refractivity (Wildman–Crippen MR) is 67.6 cm³/mol. The minimum atomic E-state index is -4.24. The van der Waals surface area contributed by atoms with Gasteiger partial charge in [-0.25, -0.2) is 0 Å². The lowest BCUT2D eigenvalue weighted by atomic mass is 9.77. The highest BCUT2D eigenvalue weighted by molar-refractivity contribution is 5.86. The van der Waals surface area contributed by atoms with Gasteiger partial charge in [-0.3, -0.25) is 0 Å². The summed E-state index contributed by atoms with van der Waals surface area (Å²) in [6, 6.07) is 12.3. The number of hydrogen-bond donors (Lipinski definition) is 0. The molecule has 0 aliphatic heterocycles. The van der Waals surface area contributed by atoms with Crippen LogP contribution in [0.2, 0.25) is 0 Å². The Morgan fingerprint density at radius 3 is 2.17 bits per heavy atom. The first-order valence-electron chi connectivity index (χ1n) is 5.95. The minimum Gasteiger partial charge on any atom is -0.170 e. The number of halogens is 3. The third-order valence-electron chi connectivity index (χ3n) is 3.72. The highest BCUT2D eigenvalue weighted by Crippen LogP contribution is 2.45. The van der Waals surface area contributed by atoms with Crippen molar-refractivity contribution in [1.29, 1.82) is 0 Å². The van der Waals surface area contributed by atoms with Gasteiger partial charge in [-0.05, 0) is 29.7 Å². The van der Waals surface area contributed by atoms with Crippen molar-refractivity contribution in [3.63, 3.8) is 0 Å². The van der Waals surface area contributed by atoms with Gasteiger partial charge in [0, 0.05) is 0 Å². The van der Waals surface area contributed by atoms with E-state index in [2.05, 4.69) is 0 Å². The van der Waals surface area contributed by atoms with Crippen LogP contribution in [0.1, 0.15) is 25.8 Å². The molecule has 0 heterocycles. The van der Waals surface area contributed by atoms with Gasteiger partial charge in [0.15, 0.2) is 0 Å². The maximum atomic E-state index is 13.3. The molecule has 1 unspecified atom stereocenters. The van der Waals surface area contributed by atoms with E-state index in [1.807, 2.05) is 18.2 Å². The van der Waals surface area contributed by atoms with Gasteiger partial charge in [-0.2, -0.15) is 13.2 Å². The second kappa shape index (κ2) is 4.30. The van der Waals surface area contributed by atoms with Gasteiger partial charge < -0.3 is 0 Å². The molecule has 0 N–H and O–H groups in total. The second-order valence-electron chi connectivity index (χ2n) is 4.71. The fraction of sp³-hybridized carbons (Fsp3) is 0.333. The highest BCUT2D eigenvalue weighted by Gasteiger charge is 2.51. The fourth-order valence-electron chi connectivity index (χ4n) is 2.25. The zero-order valence-electron chi connectivity index (χ0n) is 10.4. The smallest absolute Gasteiger partial charge is 0.170 e. The Labute approximate surface area is 104 Å². The van der Waals surface area contributed by atoms with Crippen LogP contribution >= 0.6 is 0 Å². The SMILES string of the molecule is CCC(C)(c1cccc2ccccc12)C(F)(F)F. The number of hydrogen-bond acceptors (Lipinski definition) is 0. The molecule has 0 fully saturated rings. The molecule has 96 valence electrons. The van der Waals surface area contributed by atoms with Crippen molar-refractivity contribution >= 4 is 10.8 Å². The second-order valence-corrected chi connectivity index (χ2v) is 4.71. The molecule has 0 radical (unpaired) electrons. The number of fused-ring (bicyclic) bond motifs is 1. The van der Waals surface area contributed by atoms with E-state index in [4.69, 9.17) is 0 Å². The quantitative estimate of drug-likeness (QED) is 0.700. The molecule has 3 heteroatoms. The van der Waals surface area contributed by atoms with E-state index in [0.717, 1.165) is 5.39 Å². The Balaban J connectivity index is 2.74. The molecule has 0 amide bonds. The lowest BCUT2D eigenvalue weighted by molar-refractivity contribution is -0.186. The molecule has 0 aliphatic carbocycles. The molecular formula is C15H15F3. The van der Waals surface area contributed by atoms with Gasteiger partial charge in [0.1, 0.15) is 0 Å². The summed E-state index contributed by atoms with van der Waals surface area (Å²) in [5.74, 6) is 0. The van der Waals surface area contributed by atoms with E-state index in [1.165, 1.54) is 6.92 Å². The Morgan fingerprint density at radius 2 is 1.56 bits per heavy atom. The maximum Gasteiger partial charge on any atom is 0.398 e. The summed E-state index contributed by atoms with van der Waals surface area (Å²) >= 11 is 0. The number of rotatable bonds is 2. The average Bonchev–Trinajstić information content (AvgIpc) is 2.35. The van der Waals surface area contributed by atoms with Crippen molar-refractivity contribution in [3.8, 4) is 0 Å². The van der Waals surface area contributed by atoms with Crippen molar-refractivity contribution < 1.29 is 13.2 Å². The van der Waals surface area contributed by atoms with Crippen molar-refractivity contribution in [3.05, 3.63) is 48.0 Å². The lowest BCUT2D eigenvalue weighted by Crippen LogP contribution is -2.39. The molecule has 0 saturated carbocycles. The first-order chi connectivity index (χ1) is 8.40. The van der Waals surface area contributed by atoms with Crippen LogP contribution in [0, 0.1) is 0 Å². The summed E-state index contributed by atoms with van der Waals surface area (Å²) in [5, 5.41) is 1.53. The van der Waals surface area contributed by atoms with Crippen molar-refractivity contribution in [2.75, 3.05) is 0 Å². The summed E-state index contributed by atoms with van der Waals surface area (Å²) in [5.41, 5.74) is -1.44. The molecule has 0 aliphatic rings. The van der Waals surface area contributed by atoms with Crippen LogP contribution in [-0.2, 0) is 5.41 Å². The molecule has 0 saturated heterocycles. The first kappa shape index (κ1) is 12.9. The average molecular weight is 252 g/mol. The Hall–Kier alpha value is -1.51. The number of benzene rings is 2. The predicted octanol–water partition coefficient (Wildman–Crippen LogP) is 5.07. The summed E-state index contributed by atoms with van der Waals surface area (Å²) in [4.78, 5) is 0. The maximum absolute atomic E-state index is 13.3. The molecule has 18 heavy (non-hydrogen) atoms. The van der Waals surface area contributed by atoms with Gasteiger partial charge in [0.25, 0.3) is 0 Å². The van der Waals surface area contributed by atoms with Gasteiger partial charge in [-0.1, -0.05) is 49.4 Å². The van der Waals surface area contributed by atoms with E-state index >= 15 is 0 Å². The van der Waals surface area contributed by atoms with Gasteiger partial charge in [0.05, 0.1) is 5.41 Å². The van der Waals surface area contributed by atoms with E-state index in [0.29, 0.717) is 10.9 Å². The highest BCUT2D eigenvalue weighted by atomic mass is 19.4. The van der Waals surface area contributed by atoms with Crippen LogP contribution in [0.4, 0.5) is 13.2 Å². The van der Waals surface area contributed by atoms with E-state index < -0.39 is 11.6 Å². The summed E-state index contributed by atoms with van der Waals surface area (Å²) in [7, 11) is 0.